The molecule has 2 fully saturated rings. The largest absolute Gasteiger partial charge is 0.370 e. The maximum atomic E-state index is 12.4. The zero-order chi connectivity index (χ0) is 17.9. The number of nitrogens with one attached hydrogen (secondary N) is 1. The molecule has 4 unspecified atom stereocenters. The zero-order valence-corrected chi connectivity index (χ0v) is 14.8. The van der Waals surface area contributed by atoms with Crippen LogP contribution in [-0.4, -0.2) is 43.5 Å². The van der Waals surface area contributed by atoms with Crippen LogP contribution in [0.25, 0.3) is 0 Å². The Morgan fingerprint density at radius 1 is 1.04 bits per heavy atom. The van der Waals surface area contributed by atoms with Gasteiger partial charge in [-0.3, -0.25) is 4.79 Å². The molecule has 4 rings (SSSR count). The number of hydrogen-bond donors (Lipinski definition) is 1. The lowest BCUT2D eigenvalue weighted by Gasteiger charge is -2.18. The molecule has 5 heteroatoms. The normalized spacial score (nSPS) is 27.3. The summed E-state index contributed by atoms with van der Waals surface area (Å²) in [5.41, 5.74) is 2.90. The maximum Gasteiger partial charge on any atom is 0.251 e. The summed E-state index contributed by atoms with van der Waals surface area (Å²) < 4.78 is 17.8. The van der Waals surface area contributed by atoms with Gasteiger partial charge in [-0.2, -0.15) is 0 Å². The number of fused-ring (bicyclic) bond motifs is 1. The minimum Gasteiger partial charge on any atom is -0.370 e. The zero-order valence-electron chi connectivity index (χ0n) is 14.8. The molecule has 0 saturated carbocycles. The SMILES string of the molecule is Cc1ccc(C(=O)NC2COC3C(OCc4ccccc4)COC23)cc1. The van der Waals surface area contributed by atoms with Gasteiger partial charge in [-0.25, -0.2) is 0 Å². The van der Waals surface area contributed by atoms with Crippen molar-refractivity contribution in [1.29, 1.82) is 0 Å². The summed E-state index contributed by atoms with van der Waals surface area (Å²) in [5, 5.41) is 3.04. The average Bonchev–Trinajstić information content (AvgIpc) is 3.24. The molecule has 2 aliphatic heterocycles. The van der Waals surface area contributed by atoms with E-state index in [1.54, 1.807) is 0 Å². The first-order chi connectivity index (χ1) is 12.7. The Labute approximate surface area is 153 Å². The average molecular weight is 353 g/mol. The summed E-state index contributed by atoms with van der Waals surface area (Å²) in [7, 11) is 0. The lowest BCUT2D eigenvalue weighted by Crippen LogP contribution is -2.44. The van der Waals surface area contributed by atoms with Crippen molar-refractivity contribution in [2.24, 2.45) is 0 Å². The van der Waals surface area contributed by atoms with E-state index < -0.39 is 0 Å². The molecule has 0 radical (unpaired) electrons. The van der Waals surface area contributed by atoms with Gasteiger partial charge in [-0.15, -0.1) is 0 Å². The minimum absolute atomic E-state index is 0.100. The van der Waals surface area contributed by atoms with Gasteiger partial charge in [0, 0.05) is 5.56 Å². The van der Waals surface area contributed by atoms with Gasteiger partial charge in [-0.1, -0.05) is 48.0 Å². The molecule has 0 aliphatic carbocycles. The molecule has 0 bridgehead atoms. The summed E-state index contributed by atoms with van der Waals surface area (Å²) >= 11 is 0. The molecule has 1 amide bonds. The van der Waals surface area contributed by atoms with Crippen molar-refractivity contribution in [3.8, 4) is 0 Å². The molecule has 1 N–H and O–H groups in total. The van der Waals surface area contributed by atoms with Crippen LogP contribution in [-0.2, 0) is 20.8 Å². The van der Waals surface area contributed by atoms with Crippen molar-refractivity contribution in [1.82, 2.24) is 5.32 Å². The quantitative estimate of drug-likeness (QED) is 0.897. The third-order valence-electron chi connectivity index (χ3n) is 4.95. The summed E-state index contributed by atoms with van der Waals surface area (Å²) in [6, 6.07) is 17.4. The standard InChI is InChI=1S/C21H23NO4/c1-14-7-9-16(10-8-14)21(23)22-17-12-25-20-18(13-26-19(17)20)24-11-15-5-3-2-4-6-15/h2-10,17-20H,11-13H2,1H3,(H,22,23). The molecule has 2 aliphatic rings. The molecule has 5 nitrogen and oxygen atoms in total. The number of rotatable bonds is 5. The Balaban J connectivity index is 1.33. The van der Waals surface area contributed by atoms with Crippen LogP contribution in [0.3, 0.4) is 0 Å². The molecule has 2 aromatic carbocycles. The minimum atomic E-state index is -0.162. The van der Waals surface area contributed by atoms with Crippen molar-refractivity contribution in [3.05, 3.63) is 71.3 Å². The highest BCUT2D eigenvalue weighted by molar-refractivity contribution is 5.94. The van der Waals surface area contributed by atoms with Crippen LogP contribution in [0.2, 0.25) is 0 Å². The predicted octanol–water partition coefficient (Wildman–Crippen LogP) is 2.48. The lowest BCUT2D eigenvalue weighted by atomic mass is 10.1. The Morgan fingerprint density at radius 2 is 1.77 bits per heavy atom. The maximum absolute atomic E-state index is 12.4. The first-order valence-electron chi connectivity index (χ1n) is 8.97. The third kappa shape index (κ3) is 3.65. The fourth-order valence-corrected chi connectivity index (χ4v) is 3.46. The summed E-state index contributed by atoms with van der Waals surface area (Å²) in [4.78, 5) is 12.4. The molecule has 2 saturated heterocycles. The second kappa shape index (κ2) is 7.58. The van der Waals surface area contributed by atoms with Gasteiger partial charge in [0.05, 0.1) is 25.9 Å². The Hall–Kier alpha value is -2.21. The van der Waals surface area contributed by atoms with Crippen molar-refractivity contribution < 1.29 is 19.0 Å². The molecule has 136 valence electrons. The predicted molar refractivity (Wildman–Crippen MR) is 96.9 cm³/mol. The van der Waals surface area contributed by atoms with E-state index in [0.29, 0.717) is 25.4 Å². The summed E-state index contributed by atoms with van der Waals surface area (Å²) in [6.45, 7) is 3.46. The van der Waals surface area contributed by atoms with Crippen LogP contribution >= 0.6 is 0 Å². The first-order valence-corrected chi connectivity index (χ1v) is 8.97. The van der Waals surface area contributed by atoms with Crippen LogP contribution in [0, 0.1) is 6.92 Å². The van der Waals surface area contributed by atoms with E-state index in [4.69, 9.17) is 14.2 Å². The topological polar surface area (TPSA) is 56.8 Å². The van der Waals surface area contributed by atoms with E-state index in [2.05, 4.69) is 5.32 Å². The lowest BCUT2D eigenvalue weighted by molar-refractivity contribution is -0.0392. The van der Waals surface area contributed by atoms with Crippen LogP contribution in [0.4, 0.5) is 0 Å². The number of ether oxygens (including phenoxy) is 3. The van der Waals surface area contributed by atoms with Crippen LogP contribution in [0.5, 0.6) is 0 Å². The van der Waals surface area contributed by atoms with E-state index in [-0.39, 0.29) is 30.3 Å². The fraction of sp³-hybridized carbons (Fsp3) is 0.381. The number of benzene rings is 2. The summed E-state index contributed by atoms with van der Waals surface area (Å²) in [5.74, 6) is -0.100. The second-order valence-corrected chi connectivity index (χ2v) is 6.88. The van der Waals surface area contributed by atoms with Gasteiger partial charge in [0.2, 0.25) is 0 Å². The van der Waals surface area contributed by atoms with E-state index in [9.17, 15) is 4.79 Å². The highest BCUT2D eigenvalue weighted by atomic mass is 16.6. The third-order valence-corrected chi connectivity index (χ3v) is 4.95. The number of aryl methyl sites for hydroxylation is 1. The molecule has 0 aromatic heterocycles. The van der Waals surface area contributed by atoms with Crippen LogP contribution < -0.4 is 5.32 Å². The molecule has 2 aromatic rings. The number of hydrogen-bond acceptors (Lipinski definition) is 4. The van der Waals surface area contributed by atoms with E-state index in [0.717, 1.165) is 11.1 Å². The van der Waals surface area contributed by atoms with Gasteiger partial charge in [0.1, 0.15) is 18.3 Å². The van der Waals surface area contributed by atoms with Crippen molar-refractivity contribution in [2.75, 3.05) is 13.2 Å². The van der Waals surface area contributed by atoms with Crippen LogP contribution in [0.1, 0.15) is 21.5 Å². The molecule has 2 heterocycles. The molecule has 0 spiro atoms. The van der Waals surface area contributed by atoms with Gasteiger partial charge >= 0.3 is 0 Å². The molecular weight excluding hydrogens is 330 g/mol. The van der Waals surface area contributed by atoms with Crippen molar-refractivity contribution >= 4 is 5.91 Å². The highest BCUT2D eigenvalue weighted by Crippen LogP contribution is 2.29. The van der Waals surface area contributed by atoms with Gasteiger partial charge in [0.25, 0.3) is 5.91 Å². The first kappa shape index (κ1) is 17.2. The van der Waals surface area contributed by atoms with Gasteiger partial charge in [-0.05, 0) is 24.6 Å². The number of amides is 1. The van der Waals surface area contributed by atoms with Crippen LogP contribution in [0.15, 0.2) is 54.6 Å². The Kier molecular flexibility index (Phi) is 5.02. The number of carbonyl (C=O) groups excluding carboxylic acids is 1. The molecule has 4 atom stereocenters. The Morgan fingerprint density at radius 3 is 2.54 bits per heavy atom. The van der Waals surface area contributed by atoms with E-state index in [1.807, 2.05) is 61.5 Å². The fourth-order valence-electron chi connectivity index (χ4n) is 3.46. The Bertz CT molecular complexity index is 746. The smallest absolute Gasteiger partial charge is 0.251 e. The molecule has 26 heavy (non-hydrogen) atoms. The van der Waals surface area contributed by atoms with E-state index in [1.165, 1.54) is 0 Å². The van der Waals surface area contributed by atoms with Gasteiger partial charge in [0.15, 0.2) is 0 Å². The second-order valence-electron chi connectivity index (χ2n) is 6.88. The summed E-state index contributed by atoms with van der Waals surface area (Å²) in [6.07, 6.45) is -0.409. The number of carbonyl (C=O) groups is 1. The van der Waals surface area contributed by atoms with Crippen molar-refractivity contribution in [2.45, 2.75) is 37.9 Å². The highest BCUT2D eigenvalue weighted by Gasteiger charge is 2.48. The van der Waals surface area contributed by atoms with Crippen molar-refractivity contribution in [3.63, 3.8) is 0 Å². The van der Waals surface area contributed by atoms with Gasteiger partial charge < -0.3 is 19.5 Å². The van der Waals surface area contributed by atoms with E-state index >= 15 is 0 Å². The monoisotopic (exact) mass is 353 g/mol. The molecular formula is C21H23NO4.